The number of esters is 3. The van der Waals surface area contributed by atoms with E-state index in [2.05, 4.69) is 28.4 Å². The van der Waals surface area contributed by atoms with Crippen molar-refractivity contribution < 1.29 is 95.0 Å². The smallest absolute Gasteiger partial charge is 0.481 e. The van der Waals surface area contributed by atoms with Gasteiger partial charge in [0.2, 0.25) is 23.6 Å². The van der Waals surface area contributed by atoms with E-state index < -0.39 is 112 Å². The minimum absolute atomic E-state index is 0. The number of hydrogen-bond acceptors (Lipinski definition) is 18. The molecule has 8 atom stereocenters. The van der Waals surface area contributed by atoms with E-state index in [-0.39, 0.29) is 82.4 Å². The number of aromatic nitrogens is 2. The number of amides is 3. The number of hydrogen-bond donors (Lipinski definition) is 4. The lowest BCUT2D eigenvalue weighted by Gasteiger charge is -2.36. The lowest BCUT2D eigenvalue weighted by atomic mass is 9.74. The van der Waals surface area contributed by atoms with Crippen LogP contribution in [0.5, 0.6) is 11.8 Å². The highest BCUT2D eigenvalue weighted by molar-refractivity contribution is 6.30. The number of carboxylic acid groups (broad SMARTS) is 2. The molecule has 2 aliphatic carbocycles. The highest BCUT2D eigenvalue weighted by Crippen LogP contribution is 2.38. The summed E-state index contributed by atoms with van der Waals surface area (Å²) in [6.07, 6.45) is 9.37. The number of likely N-dealkylation sites (tertiary alicyclic amines) is 2. The number of carboxylic acids is 2. The second-order valence-corrected chi connectivity index (χ2v) is 29.2. The Hall–Kier alpha value is -7.06. The second-order valence-electron chi connectivity index (χ2n) is 28.3. The molecule has 3 amide bonds. The van der Waals surface area contributed by atoms with Gasteiger partial charge in [0.1, 0.15) is 48.7 Å². The number of ether oxygens (including phenoxy) is 6. The summed E-state index contributed by atoms with van der Waals surface area (Å²) in [6, 6.07) is 3.37. The number of pyridine rings is 2. The summed E-state index contributed by atoms with van der Waals surface area (Å²) >= 11 is 11.8. The van der Waals surface area contributed by atoms with Crippen LogP contribution in [-0.4, -0.2) is 164 Å². The Morgan fingerprint density at radius 3 is 1.40 bits per heavy atom. The fourth-order valence-electron chi connectivity index (χ4n) is 11.1. The first-order valence-corrected chi connectivity index (χ1v) is 33.0. The van der Waals surface area contributed by atoms with Crippen LogP contribution in [0.25, 0.3) is 0 Å². The molecule has 97 heavy (non-hydrogen) atoms. The SMILES string of the molecule is C.C=CCOC(=O)[C@@H]1C[C@@H](Oc2ccc(Cl)cn2)CN1C(=O)[C@@H](CC(=O)[C@@H](NC(=O)OC(C)(C)C)C1CCCCC1)C(C)(C)C.C=CCOC(=O)[C@@H]1C[C@@H](Oc2ccc(Cl)cn2)CN1C(=O)[C@@H](N)C(C)(C)C.CC(C)(C)OC(=O)C[C@H](C(=O)O)C1CCCCC1.O=C(O)C(F)(F)F. The number of alkyl carbamates (subject to hydrolysis) is 1. The van der Waals surface area contributed by atoms with Gasteiger partial charge >= 0.3 is 42.1 Å². The van der Waals surface area contributed by atoms with E-state index in [0.717, 1.165) is 57.8 Å². The van der Waals surface area contributed by atoms with Crippen LogP contribution < -0.4 is 20.5 Å². The summed E-state index contributed by atoms with van der Waals surface area (Å²) in [5.41, 5.74) is 3.77. The highest BCUT2D eigenvalue weighted by atomic mass is 35.5. The van der Waals surface area contributed by atoms with E-state index in [4.69, 9.17) is 67.3 Å². The van der Waals surface area contributed by atoms with Gasteiger partial charge in [0.05, 0.1) is 47.6 Å². The van der Waals surface area contributed by atoms with Gasteiger partial charge in [-0.25, -0.2) is 29.1 Å². The summed E-state index contributed by atoms with van der Waals surface area (Å²) in [6.45, 7) is 29.5. The summed E-state index contributed by atoms with van der Waals surface area (Å²) in [5, 5.41) is 20.2. The number of halogens is 5. The number of alkyl halides is 3. The minimum Gasteiger partial charge on any atom is -0.481 e. The molecule has 4 heterocycles. The maximum absolute atomic E-state index is 14.3. The van der Waals surface area contributed by atoms with Crippen LogP contribution in [0.3, 0.4) is 0 Å². The van der Waals surface area contributed by atoms with Gasteiger partial charge < -0.3 is 59.5 Å². The van der Waals surface area contributed by atoms with Crippen LogP contribution in [-0.2, 0) is 57.3 Å². The van der Waals surface area contributed by atoms with E-state index in [0.29, 0.717) is 28.2 Å². The van der Waals surface area contributed by atoms with E-state index in [1.807, 2.05) is 41.5 Å². The zero-order chi connectivity index (χ0) is 72.7. The van der Waals surface area contributed by atoms with E-state index in [1.165, 1.54) is 40.8 Å². The predicted octanol–water partition coefficient (Wildman–Crippen LogP) is 12.4. The van der Waals surface area contributed by atoms with Crippen molar-refractivity contribution in [3.63, 3.8) is 0 Å². The zero-order valence-corrected chi connectivity index (χ0v) is 58.8. The molecule has 0 bridgehead atoms. The molecule has 4 fully saturated rings. The molecule has 2 aromatic rings. The van der Waals surface area contributed by atoms with E-state index in [1.54, 1.807) is 65.8 Å². The number of carbonyl (C=O) groups excluding carboxylic acids is 7. The van der Waals surface area contributed by atoms with Crippen molar-refractivity contribution in [3.8, 4) is 11.8 Å². The summed E-state index contributed by atoms with van der Waals surface area (Å²) in [4.78, 5) is 123. The van der Waals surface area contributed by atoms with Crippen LogP contribution in [0.1, 0.15) is 180 Å². The van der Waals surface area contributed by atoms with Crippen molar-refractivity contribution in [2.45, 2.75) is 234 Å². The normalized spacial score (nSPS) is 19.6. The molecule has 0 aromatic carbocycles. The molecular weight excluding hydrogens is 1310 g/mol. The number of ketones is 1. The molecule has 28 heteroatoms. The van der Waals surface area contributed by atoms with Crippen molar-refractivity contribution in [1.29, 1.82) is 0 Å². The largest absolute Gasteiger partial charge is 0.490 e. The number of nitrogens with two attached hydrogens (primary N) is 1. The molecule has 4 aliphatic rings. The number of carbonyl (C=O) groups is 9. The fraction of sp³-hybridized carbons (Fsp3) is 0.667. The van der Waals surface area contributed by atoms with Crippen molar-refractivity contribution in [2.24, 2.45) is 40.2 Å². The Labute approximate surface area is 578 Å². The molecule has 0 radical (unpaired) electrons. The number of nitrogens with zero attached hydrogens (tertiary/aromatic N) is 4. The molecule has 2 saturated heterocycles. The Morgan fingerprint density at radius 2 is 1.05 bits per heavy atom. The number of Topliss-reactive ketones (excluding diaryl/α,β-unsaturated/α-hetero) is 1. The van der Waals surface area contributed by atoms with Crippen molar-refractivity contribution >= 4 is 76.7 Å². The fourth-order valence-corrected chi connectivity index (χ4v) is 11.4. The van der Waals surface area contributed by atoms with Crippen LogP contribution in [0, 0.1) is 34.5 Å². The van der Waals surface area contributed by atoms with Crippen molar-refractivity contribution in [1.82, 2.24) is 25.1 Å². The van der Waals surface area contributed by atoms with Gasteiger partial charge in [0, 0.05) is 49.7 Å². The van der Waals surface area contributed by atoms with Crippen molar-refractivity contribution in [2.75, 3.05) is 26.3 Å². The molecule has 2 aromatic heterocycles. The molecular formula is C69H103Cl2F3N6O17. The molecule has 2 aliphatic heterocycles. The summed E-state index contributed by atoms with van der Waals surface area (Å²) < 4.78 is 64.8. The van der Waals surface area contributed by atoms with E-state index >= 15 is 0 Å². The third kappa shape index (κ3) is 30.3. The summed E-state index contributed by atoms with van der Waals surface area (Å²) in [7, 11) is 0. The predicted molar refractivity (Wildman–Crippen MR) is 358 cm³/mol. The Balaban J connectivity index is 0.000000510. The lowest BCUT2D eigenvalue weighted by Crippen LogP contribution is -2.53. The molecule has 2 saturated carbocycles. The summed E-state index contributed by atoms with van der Waals surface area (Å²) in [5.74, 6) is -6.56. The molecule has 23 nitrogen and oxygen atoms in total. The molecule has 0 unspecified atom stereocenters. The third-order valence-electron chi connectivity index (χ3n) is 16.0. The highest BCUT2D eigenvalue weighted by Gasteiger charge is 2.49. The first-order valence-electron chi connectivity index (χ1n) is 32.2. The van der Waals surface area contributed by atoms with Crippen LogP contribution in [0.4, 0.5) is 18.0 Å². The molecule has 0 spiro atoms. The van der Waals surface area contributed by atoms with Crippen molar-refractivity contribution in [3.05, 3.63) is 72.0 Å². The average molecular weight is 1420 g/mol. The van der Waals surface area contributed by atoms with Gasteiger partial charge in [-0.1, -0.05) is 136 Å². The van der Waals surface area contributed by atoms with Gasteiger partial charge in [0.25, 0.3) is 0 Å². The lowest BCUT2D eigenvalue weighted by molar-refractivity contribution is -0.192. The zero-order valence-electron chi connectivity index (χ0n) is 57.3. The molecule has 546 valence electrons. The monoisotopic (exact) mass is 1410 g/mol. The Morgan fingerprint density at radius 1 is 0.639 bits per heavy atom. The van der Waals surface area contributed by atoms with Gasteiger partial charge in [0.15, 0.2) is 5.78 Å². The minimum atomic E-state index is -5.08. The Bertz CT molecular complexity index is 2920. The quantitative estimate of drug-likeness (QED) is 0.0512. The first-order chi connectivity index (χ1) is 44.5. The van der Waals surface area contributed by atoms with E-state index in [9.17, 15) is 56.6 Å². The van der Waals surface area contributed by atoms with Gasteiger partial charge in [-0.05, 0) is 102 Å². The van der Waals surface area contributed by atoms with Gasteiger partial charge in [-0.3, -0.25) is 24.0 Å². The number of rotatable bonds is 21. The number of nitrogens with one attached hydrogen (secondary N) is 1. The van der Waals surface area contributed by atoms with Gasteiger partial charge in [-0.15, -0.1) is 0 Å². The van der Waals surface area contributed by atoms with Crippen LogP contribution >= 0.6 is 23.2 Å². The maximum atomic E-state index is 14.3. The second kappa shape index (κ2) is 38.9. The van der Waals surface area contributed by atoms with Gasteiger partial charge in [-0.2, -0.15) is 13.2 Å². The third-order valence-corrected chi connectivity index (χ3v) is 16.4. The molecule has 5 N–H and O–H groups in total. The Kier molecular flexibility index (Phi) is 34.5. The van der Waals surface area contributed by atoms with Crippen LogP contribution in [0.15, 0.2) is 62.0 Å². The first kappa shape index (κ1) is 86.0. The molecule has 6 rings (SSSR count). The topological polar surface area (TPSA) is 320 Å². The van der Waals surface area contributed by atoms with Crippen LogP contribution in [0.2, 0.25) is 10.0 Å². The average Bonchev–Trinajstić information content (AvgIpc) is 1.77. The maximum Gasteiger partial charge on any atom is 0.490 e. The number of aliphatic carboxylic acids is 2. The standard InChI is InChI=1S/C33H48ClN3O7.C19H26ClN3O4.C14H24O4.C2HF3O2.CH4/c1-8-16-42-30(40)25-17-23(43-27-15-14-22(34)19-35-27)20-37(25)29(39)24(32(2,3)4)18-26(38)28(21-12-10-9-11-13-21)36-31(41)44-33(5,6)7;1-5-8-26-18(25)14-9-13(27-15-7-6-12(20)10-22-15)11-23(14)17(24)16(21)19(2,3)4;1-14(2,3)18-12(15)9-11(13(16)17)10-7-5-4-6-8-10;3-2(4,5)1(6)7;/h8,14-15,19,21,23-25,28H,1,9-13,16-18,20H2,2-7H3,(H,36,41);5-7,10,13-14,16H,1,8-9,11,21H2,2-4H3;10-11H,4-9H2,1-3H3,(H,16,17);(H,6,7);1H4/t23-,24-,25+,28+;13-,14+,16-;11-;;/m110../s1.